The number of fused-ring (bicyclic) bond motifs is 1. The molecule has 1 atom stereocenters. The first kappa shape index (κ1) is 11.3. The highest BCUT2D eigenvalue weighted by Gasteiger charge is 2.09. The third kappa shape index (κ3) is 2.32. The van der Waals surface area contributed by atoms with Gasteiger partial charge in [0, 0.05) is 5.75 Å². The Morgan fingerprint density at radius 1 is 1.50 bits per heavy atom. The molecule has 86 valence electrons. The summed E-state index contributed by atoms with van der Waals surface area (Å²) in [6, 6.07) is 5.62. The molecule has 2 aromatic rings. The minimum Gasteiger partial charge on any atom is -0.431 e. The van der Waals surface area contributed by atoms with Crippen LogP contribution < -0.4 is 5.73 Å². The number of hydrogen-bond acceptors (Lipinski definition) is 4. The Morgan fingerprint density at radius 3 is 3.00 bits per heavy atom. The fraction of sp³-hybridized carbons (Fsp3) is 0.417. The van der Waals surface area contributed by atoms with E-state index in [1.54, 1.807) is 11.8 Å². The number of thioether (sulfide) groups is 1. The summed E-state index contributed by atoms with van der Waals surface area (Å²) in [7, 11) is 0. The van der Waals surface area contributed by atoms with Crippen LogP contribution in [-0.2, 0) is 0 Å². The lowest BCUT2D eigenvalue weighted by atomic mass is 10.2. The molecule has 0 spiro atoms. The van der Waals surface area contributed by atoms with Crippen molar-refractivity contribution in [1.29, 1.82) is 0 Å². The van der Waals surface area contributed by atoms with Crippen LogP contribution in [0.1, 0.15) is 20.3 Å². The van der Waals surface area contributed by atoms with Crippen molar-refractivity contribution in [2.24, 2.45) is 5.92 Å². The Hall–Kier alpha value is -1.16. The third-order valence-electron chi connectivity index (χ3n) is 2.62. The number of aromatic nitrogens is 1. The number of nitrogens with two attached hydrogens (primary N) is 1. The molecule has 1 heterocycles. The Bertz CT molecular complexity index is 481. The number of oxazole rings is 1. The molecule has 1 aromatic heterocycles. The molecule has 0 saturated heterocycles. The predicted molar refractivity (Wildman–Crippen MR) is 68.6 cm³/mol. The summed E-state index contributed by atoms with van der Waals surface area (Å²) in [6.07, 6.45) is 1.18. The maximum absolute atomic E-state index is 5.82. The van der Waals surface area contributed by atoms with Gasteiger partial charge in [-0.25, -0.2) is 4.98 Å². The SMILES string of the molecule is CCC(C)CSc1nc2c(N)cccc2o1. The molecule has 0 amide bonds. The van der Waals surface area contributed by atoms with Crippen molar-refractivity contribution in [3.8, 4) is 0 Å². The van der Waals surface area contributed by atoms with Crippen molar-refractivity contribution < 1.29 is 4.42 Å². The minimum atomic E-state index is 0.677. The van der Waals surface area contributed by atoms with Crippen molar-refractivity contribution >= 4 is 28.5 Å². The summed E-state index contributed by atoms with van der Waals surface area (Å²) in [5.41, 5.74) is 8.04. The Kier molecular flexibility index (Phi) is 3.39. The van der Waals surface area contributed by atoms with Crippen LogP contribution >= 0.6 is 11.8 Å². The van der Waals surface area contributed by atoms with Crippen molar-refractivity contribution in [2.75, 3.05) is 11.5 Å². The first-order valence-electron chi connectivity index (χ1n) is 5.48. The van der Waals surface area contributed by atoms with Gasteiger partial charge in [0.05, 0.1) is 5.69 Å². The summed E-state index contributed by atoms with van der Waals surface area (Å²) >= 11 is 1.65. The van der Waals surface area contributed by atoms with E-state index in [-0.39, 0.29) is 0 Å². The Labute approximate surface area is 99.4 Å². The van der Waals surface area contributed by atoms with E-state index in [2.05, 4.69) is 18.8 Å². The number of benzene rings is 1. The second kappa shape index (κ2) is 4.78. The Balaban J connectivity index is 2.17. The summed E-state index contributed by atoms with van der Waals surface area (Å²) in [5, 5.41) is 0.716. The summed E-state index contributed by atoms with van der Waals surface area (Å²) in [5.74, 6) is 1.71. The van der Waals surface area contributed by atoms with Crippen LogP contribution in [0.25, 0.3) is 11.1 Å². The number of rotatable bonds is 4. The first-order valence-corrected chi connectivity index (χ1v) is 6.47. The fourth-order valence-electron chi connectivity index (χ4n) is 1.34. The predicted octanol–water partition coefficient (Wildman–Crippen LogP) is 3.55. The molecule has 0 saturated carbocycles. The fourth-order valence-corrected chi connectivity index (χ4v) is 2.31. The van der Waals surface area contributed by atoms with E-state index in [1.165, 1.54) is 6.42 Å². The Morgan fingerprint density at radius 2 is 2.31 bits per heavy atom. The number of para-hydroxylation sites is 1. The molecule has 2 rings (SSSR count). The van der Waals surface area contributed by atoms with Gasteiger partial charge < -0.3 is 10.2 Å². The monoisotopic (exact) mass is 236 g/mol. The van der Waals surface area contributed by atoms with Gasteiger partial charge >= 0.3 is 0 Å². The number of nitrogen functional groups attached to an aromatic ring is 1. The molecular weight excluding hydrogens is 220 g/mol. The summed E-state index contributed by atoms with van der Waals surface area (Å²) in [4.78, 5) is 4.39. The molecule has 3 nitrogen and oxygen atoms in total. The molecule has 16 heavy (non-hydrogen) atoms. The molecule has 0 bridgehead atoms. The number of hydrogen-bond donors (Lipinski definition) is 1. The van der Waals surface area contributed by atoms with Gasteiger partial charge in [-0.1, -0.05) is 38.1 Å². The zero-order valence-electron chi connectivity index (χ0n) is 9.56. The molecule has 0 aliphatic heterocycles. The molecule has 2 N–H and O–H groups in total. The van der Waals surface area contributed by atoms with Gasteiger partial charge in [0.1, 0.15) is 5.52 Å². The lowest BCUT2D eigenvalue weighted by Gasteiger charge is -2.03. The normalized spacial score (nSPS) is 13.1. The largest absolute Gasteiger partial charge is 0.431 e. The number of nitrogens with zero attached hydrogens (tertiary/aromatic N) is 1. The maximum atomic E-state index is 5.82. The van der Waals surface area contributed by atoms with Crippen molar-refractivity contribution in [3.63, 3.8) is 0 Å². The second-order valence-corrected chi connectivity index (χ2v) is 4.97. The zero-order valence-corrected chi connectivity index (χ0v) is 10.4. The van der Waals surface area contributed by atoms with Gasteiger partial charge in [-0.05, 0) is 18.1 Å². The van der Waals surface area contributed by atoms with Crippen molar-refractivity contribution in [2.45, 2.75) is 25.5 Å². The number of anilines is 1. The lowest BCUT2D eigenvalue weighted by Crippen LogP contribution is -1.94. The van der Waals surface area contributed by atoms with E-state index in [0.717, 1.165) is 16.9 Å². The van der Waals surface area contributed by atoms with Crippen LogP contribution in [0, 0.1) is 5.92 Å². The van der Waals surface area contributed by atoms with E-state index in [1.807, 2.05) is 18.2 Å². The lowest BCUT2D eigenvalue weighted by molar-refractivity contribution is 0.487. The highest BCUT2D eigenvalue weighted by atomic mass is 32.2. The van der Waals surface area contributed by atoms with Crippen molar-refractivity contribution in [1.82, 2.24) is 4.98 Å². The topological polar surface area (TPSA) is 52.0 Å². The summed E-state index contributed by atoms with van der Waals surface area (Å²) in [6.45, 7) is 4.42. The van der Waals surface area contributed by atoms with E-state index >= 15 is 0 Å². The molecule has 0 radical (unpaired) electrons. The quantitative estimate of drug-likeness (QED) is 0.651. The van der Waals surface area contributed by atoms with Crippen LogP contribution in [0.3, 0.4) is 0 Å². The van der Waals surface area contributed by atoms with E-state index in [9.17, 15) is 0 Å². The second-order valence-electron chi connectivity index (χ2n) is 4.00. The molecule has 0 fully saturated rings. The van der Waals surface area contributed by atoms with E-state index in [0.29, 0.717) is 16.8 Å². The van der Waals surface area contributed by atoms with Crippen LogP contribution in [-0.4, -0.2) is 10.7 Å². The molecule has 1 aromatic carbocycles. The highest BCUT2D eigenvalue weighted by molar-refractivity contribution is 7.99. The first-order chi connectivity index (χ1) is 7.70. The van der Waals surface area contributed by atoms with Crippen LogP contribution in [0.2, 0.25) is 0 Å². The summed E-state index contributed by atoms with van der Waals surface area (Å²) < 4.78 is 5.62. The minimum absolute atomic E-state index is 0.677. The van der Waals surface area contributed by atoms with Gasteiger partial charge in [-0.3, -0.25) is 0 Å². The molecule has 1 unspecified atom stereocenters. The molecule has 4 heteroatoms. The maximum Gasteiger partial charge on any atom is 0.256 e. The van der Waals surface area contributed by atoms with Crippen molar-refractivity contribution in [3.05, 3.63) is 18.2 Å². The molecule has 0 aliphatic carbocycles. The van der Waals surface area contributed by atoms with Crippen LogP contribution in [0.4, 0.5) is 5.69 Å². The van der Waals surface area contributed by atoms with Crippen LogP contribution in [0.15, 0.2) is 27.8 Å². The van der Waals surface area contributed by atoms with Gasteiger partial charge in [0.25, 0.3) is 5.22 Å². The molecule has 0 aliphatic rings. The third-order valence-corrected chi connectivity index (χ3v) is 3.78. The van der Waals surface area contributed by atoms with Gasteiger partial charge in [-0.2, -0.15) is 0 Å². The van der Waals surface area contributed by atoms with Gasteiger partial charge in [-0.15, -0.1) is 0 Å². The van der Waals surface area contributed by atoms with Crippen LogP contribution in [0.5, 0.6) is 0 Å². The van der Waals surface area contributed by atoms with E-state index in [4.69, 9.17) is 10.2 Å². The average Bonchev–Trinajstić information content (AvgIpc) is 2.70. The highest BCUT2D eigenvalue weighted by Crippen LogP contribution is 2.28. The van der Waals surface area contributed by atoms with Gasteiger partial charge in [0.2, 0.25) is 0 Å². The zero-order chi connectivity index (χ0) is 11.5. The smallest absolute Gasteiger partial charge is 0.256 e. The molecular formula is C12H16N2OS. The van der Waals surface area contributed by atoms with Gasteiger partial charge in [0.15, 0.2) is 5.58 Å². The average molecular weight is 236 g/mol. The van der Waals surface area contributed by atoms with E-state index < -0.39 is 0 Å². The standard InChI is InChI=1S/C12H16N2OS/c1-3-8(2)7-16-12-14-11-9(13)5-4-6-10(11)15-12/h4-6,8H,3,7,13H2,1-2H3.